The standard InChI is InChI=1S/C30H38BrN5O6/c1-4-7-8-11-15-41-29(40)23-24-27(38)36(19(6-3)17-37)26(30(24)16-20(31)25(23)42-30)28(39)34(14-5-2)18-35-22-13-10-9-12-21(22)32-33-35/h4-5,9-10,12-13,19-20,23-26,37H,1-2,6-8,11,14-18H2,3H3/t19-,20?,23+,24-,25+,26?,30?/m0/s1. The van der Waals surface area contributed by atoms with Crippen LogP contribution in [0, 0.1) is 11.8 Å². The molecule has 4 heterocycles. The van der Waals surface area contributed by atoms with Crippen molar-refractivity contribution in [3.05, 3.63) is 49.6 Å². The molecule has 1 spiro atoms. The zero-order valence-electron chi connectivity index (χ0n) is 23.8. The van der Waals surface area contributed by atoms with Crippen molar-refractivity contribution in [2.45, 2.75) is 74.3 Å². The first-order valence-corrected chi connectivity index (χ1v) is 15.4. The molecule has 11 nitrogen and oxygen atoms in total. The van der Waals surface area contributed by atoms with E-state index in [4.69, 9.17) is 9.47 Å². The number of aliphatic hydroxyl groups is 1. The first-order valence-electron chi connectivity index (χ1n) is 14.5. The number of para-hydroxylation sites is 1. The minimum Gasteiger partial charge on any atom is -0.465 e. The van der Waals surface area contributed by atoms with E-state index in [0.29, 0.717) is 24.8 Å². The Balaban J connectivity index is 1.49. The number of rotatable bonds is 14. The third-order valence-corrected chi connectivity index (χ3v) is 9.59. The molecule has 7 atom stereocenters. The largest absolute Gasteiger partial charge is 0.465 e. The number of fused-ring (bicyclic) bond motifs is 2. The van der Waals surface area contributed by atoms with Gasteiger partial charge >= 0.3 is 5.97 Å². The summed E-state index contributed by atoms with van der Waals surface area (Å²) in [5.74, 6) is -2.99. The number of nitrogens with zero attached hydrogens (tertiary/aromatic N) is 5. The van der Waals surface area contributed by atoms with Gasteiger partial charge in [0, 0.05) is 11.4 Å². The molecule has 12 heteroatoms. The second-order valence-electron chi connectivity index (χ2n) is 11.2. The Hall–Kier alpha value is -3.09. The topological polar surface area (TPSA) is 127 Å². The number of esters is 1. The quantitative estimate of drug-likeness (QED) is 0.144. The third-order valence-electron chi connectivity index (χ3n) is 8.74. The van der Waals surface area contributed by atoms with Crippen LogP contribution in [-0.4, -0.2) is 96.1 Å². The maximum Gasteiger partial charge on any atom is 0.312 e. The highest BCUT2D eigenvalue weighted by atomic mass is 79.9. The maximum absolute atomic E-state index is 14.6. The lowest BCUT2D eigenvalue weighted by Crippen LogP contribution is -2.59. The Labute approximate surface area is 253 Å². The van der Waals surface area contributed by atoms with Crippen LogP contribution in [0.4, 0.5) is 0 Å². The Bertz CT molecular complexity index is 1350. The summed E-state index contributed by atoms with van der Waals surface area (Å²) in [6.07, 6.45) is 5.95. The smallest absolute Gasteiger partial charge is 0.312 e. The summed E-state index contributed by atoms with van der Waals surface area (Å²) in [7, 11) is 0. The number of aliphatic hydroxyl groups excluding tert-OH is 1. The second kappa shape index (κ2) is 12.6. The number of carbonyl (C=O) groups excluding carboxylic acids is 3. The van der Waals surface area contributed by atoms with Gasteiger partial charge in [0.2, 0.25) is 11.8 Å². The molecule has 5 rings (SSSR count). The summed E-state index contributed by atoms with van der Waals surface area (Å²) in [5.41, 5.74) is 0.189. The molecule has 2 bridgehead atoms. The second-order valence-corrected chi connectivity index (χ2v) is 12.4. The lowest BCUT2D eigenvalue weighted by Gasteiger charge is -2.39. The van der Waals surface area contributed by atoms with Crippen molar-refractivity contribution in [1.82, 2.24) is 24.8 Å². The van der Waals surface area contributed by atoms with Crippen LogP contribution in [0.25, 0.3) is 11.0 Å². The monoisotopic (exact) mass is 643 g/mol. The Kier molecular flexibility index (Phi) is 9.14. The summed E-state index contributed by atoms with van der Waals surface area (Å²) in [5, 5.41) is 18.8. The number of carbonyl (C=O) groups is 3. The van der Waals surface area contributed by atoms with Gasteiger partial charge in [-0.1, -0.05) is 52.4 Å². The predicted molar refractivity (Wildman–Crippen MR) is 158 cm³/mol. The number of ether oxygens (including phenoxy) is 2. The Morgan fingerprint density at radius 1 is 1.31 bits per heavy atom. The number of hydrogen-bond acceptors (Lipinski definition) is 8. The molecule has 0 aliphatic carbocycles. The van der Waals surface area contributed by atoms with Gasteiger partial charge < -0.3 is 24.4 Å². The summed E-state index contributed by atoms with van der Waals surface area (Å²) >= 11 is 3.68. The number of benzene rings is 1. The average Bonchev–Trinajstić information content (AvgIpc) is 3.70. The Morgan fingerprint density at radius 2 is 2.10 bits per heavy atom. The number of aromatic nitrogens is 3. The molecule has 1 aromatic heterocycles. The van der Waals surface area contributed by atoms with E-state index in [1.165, 1.54) is 4.90 Å². The summed E-state index contributed by atoms with van der Waals surface area (Å²) in [4.78, 5) is 45.1. The molecule has 3 fully saturated rings. The first-order chi connectivity index (χ1) is 20.3. The fraction of sp³-hybridized carbons (Fsp3) is 0.567. The fourth-order valence-corrected chi connectivity index (χ4v) is 7.76. The van der Waals surface area contributed by atoms with Crippen molar-refractivity contribution < 1.29 is 29.0 Å². The van der Waals surface area contributed by atoms with E-state index in [1.807, 2.05) is 37.3 Å². The minimum absolute atomic E-state index is 0.0674. The van der Waals surface area contributed by atoms with Crippen LogP contribution in [0.3, 0.4) is 0 Å². The van der Waals surface area contributed by atoms with Crippen molar-refractivity contribution >= 4 is 44.7 Å². The highest BCUT2D eigenvalue weighted by molar-refractivity contribution is 9.09. The van der Waals surface area contributed by atoms with Gasteiger partial charge in [0.1, 0.15) is 23.8 Å². The SMILES string of the molecule is C=CCCCCOC(=O)[C@H]1[C@@H]2OC3(CC2Br)C(C(=O)N(CC=C)Cn2nnc4ccccc42)N([C@@H](CC)CO)C(=O)[C@H]13. The lowest BCUT2D eigenvalue weighted by molar-refractivity contribution is -0.157. The summed E-state index contributed by atoms with van der Waals surface area (Å²) in [6.45, 7) is 9.56. The van der Waals surface area contributed by atoms with Gasteiger partial charge in [-0.25, -0.2) is 4.68 Å². The van der Waals surface area contributed by atoms with E-state index in [-0.39, 0.29) is 43.1 Å². The first kappa shape index (κ1) is 30.4. The highest BCUT2D eigenvalue weighted by Gasteiger charge is 2.77. The van der Waals surface area contributed by atoms with E-state index in [9.17, 15) is 19.5 Å². The van der Waals surface area contributed by atoms with E-state index < -0.39 is 41.6 Å². The molecular weight excluding hydrogens is 606 g/mol. The summed E-state index contributed by atoms with van der Waals surface area (Å²) in [6, 6.07) is 5.76. The molecular formula is C30H38BrN5O6. The number of likely N-dealkylation sites (tertiary alicyclic amines) is 1. The zero-order chi connectivity index (χ0) is 30.0. The number of hydrogen-bond donors (Lipinski definition) is 1. The molecule has 1 N–H and O–H groups in total. The number of allylic oxidation sites excluding steroid dienone is 1. The van der Waals surface area contributed by atoms with E-state index in [1.54, 1.807) is 15.7 Å². The zero-order valence-corrected chi connectivity index (χ0v) is 25.4. The Morgan fingerprint density at radius 3 is 2.81 bits per heavy atom. The van der Waals surface area contributed by atoms with Crippen molar-refractivity contribution in [3.63, 3.8) is 0 Å². The fourth-order valence-electron chi connectivity index (χ4n) is 6.81. The highest BCUT2D eigenvalue weighted by Crippen LogP contribution is 2.60. The van der Waals surface area contributed by atoms with Crippen LogP contribution in [0.2, 0.25) is 0 Å². The van der Waals surface area contributed by atoms with Crippen molar-refractivity contribution in [2.24, 2.45) is 11.8 Å². The van der Waals surface area contributed by atoms with E-state index >= 15 is 0 Å². The van der Waals surface area contributed by atoms with E-state index in [2.05, 4.69) is 39.4 Å². The van der Waals surface area contributed by atoms with Crippen LogP contribution in [-0.2, 0) is 30.5 Å². The van der Waals surface area contributed by atoms with Crippen molar-refractivity contribution in [1.29, 1.82) is 0 Å². The van der Waals surface area contributed by atoms with Crippen molar-refractivity contribution in [3.8, 4) is 0 Å². The molecule has 42 heavy (non-hydrogen) atoms. The number of unbranched alkanes of at least 4 members (excludes halogenated alkanes) is 2. The molecule has 0 saturated carbocycles. The van der Waals surface area contributed by atoms with Crippen LogP contribution in [0.5, 0.6) is 0 Å². The van der Waals surface area contributed by atoms with Gasteiger partial charge in [0.15, 0.2) is 0 Å². The van der Waals surface area contributed by atoms with Gasteiger partial charge in [-0.15, -0.1) is 18.3 Å². The molecule has 226 valence electrons. The molecule has 3 unspecified atom stereocenters. The summed E-state index contributed by atoms with van der Waals surface area (Å²) < 4.78 is 13.8. The normalized spacial score (nSPS) is 28.6. The maximum atomic E-state index is 14.6. The number of alkyl halides is 1. The molecule has 3 aliphatic rings. The molecule has 0 radical (unpaired) electrons. The molecule has 2 aromatic rings. The van der Waals surface area contributed by atoms with Crippen LogP contribution in [0.15, 0.2) is 49.6 Å². The van der Waals surface area contributed by atoms with Crippen molar-refractivity contribution in [2.75, 3.05) is 19.8 Å². The molecule has 3 saturated heterocycles. The van der Waals surface area contributed by atoms with Gasteiger partial charge in [0.25, 0.3) is 0 Å². The minimum atomic E-state index is -1.26. The van der Waals surface area contributed by atoms with Gasteiger partial charge in [-0.2, -0.15) is 0 Å². The third kappa shape index (κ3) is 5.07. The average molecular weight is 645 g/mol. The molecule has 1 aromatic carbocycles. The van der Waals surface area contributed by atoms with Crippen LogP contribution < -0.4 is 0 Å². The predicted octanol–water partition coefficient (Wildman–Crippen LogP) is 2.82. The molecule has 3 aliphatic heterocycles. The van der Waals surface area contributed by atoms with Gasteiger partial charge in [-0.3, -0.25) is 14.4 Å². The lowest BCUT2D eigenvalue weighted by atomic mass is 9.70. The molecule has 2 amide bonds. The van der Waals surface area contributed by atoms with Crippen LogP contribution >= 0.6 is 15.9 Å². The van der Waals surface area contributed by atoms with E-state index in [0.717, 1.165) is 18.4 Å². The number of halogens is 1. The van der Waals surface area contributed by atoms with Gasteiger partial charge in [-0.05, 0) is 44.2 Å². The van der Waals surface area contributed by atoms with Crippen LogP contribution in [0.1, 0.15) is 39.0 Å². The van der Waals surface area contributed by atoms with Gasteiger partial charge in [0.05, 0.1) is 42.7 Å². The number of amides is 2.